The highest BCUT2D eigenvalue weighted by Crippen LogP contribution is 2.17. The second-order valence-electron chi connectivity index (χ2n) is 8.06. The maximum Gasteiger partial charge on any atom is 0.242 e. The minimum Gasteiger partial charge on any atom is -0.354 e. The van der Waals surface area contributed by atoms with Crippen molar-refractivity contribution in [2.45, 2.75) is 45.9 Å². The number of nitrogens with one attached hydrogen (secondary N) is 1. The van der Waals surface area contributed by atoms with Gasteiger partial charge in [0.05, 0.1) is 5.75 Å². The van der Waals surface area contributed by atoms with Crippen molar-refractivity contribution >= 4 is 23.6 Å². The number of hydrogen-bond donors (Lipinski definition) is 1. The van der Waals surface area contributed by atoms with Gasteiger partial charge in [-0.05, 0) is 42.9 Å². The van der Waals surface area contributed by atoms with Crippen LogP contribution in [0.2, 0.25) is 0 Å². The zero-order valence-electron chi connectivity index (χ0n) is 18.6. The van der Waals surface area contributed by atoms with Crippen molar-refractivity contribution in [3.63, 3.8) is 0 Å². The van der Waals surface area contributed by atoms with Crippen LogP contribution in [0, 0.1) is 12.8 Å². The van der Waals surface area contributed by atoms with E-state index in [9.17, 15) is 9.59 Å². The van der Waals surface area contributed by atoms with E-state index < -0.39 is 6.04 Å². The number of carbonyl (C=O) groups is 2. The van der Waals surface area contributed by atoms with Gasteiger partial charge in [0.1, 0.15) is 6.04 Å². The first kappa shape index (κ1) is 24.0. The van der Waals surface area contributed by atoms with E-state index in [2.05, 4.69) is 50.4 Å². The SMILES string of the molecule is Cc1ccccc1CSCC(=O)N(CCc1ccccc1)C(C)C(=O)NCC(C)C. The van der Waals surface area contributed by atoms with Crippen molar-refractivity contribution in [3.8, 4) is 0 Å². The Labute approximate surface area is 185 Å². The van der Waals surface area contributed by atoms with Gasteiger partial charge in [-0.15, -0.1) is 11.8 Å². The fourth-order valence-electron chi connectivity index (χ4n) is 3.13. The number of hydrogen-bond acceptors (Lipinski definition) is 3. The molecule has 1 N–H and O–H groups in total. The molecule has 30 heavy (non-hydrogen) atoms. The highest BCUT2D eigenvalue weighted by atomic mass is 32.2. The average molecular weight is 427 g/mol. The van der Waals surface area contributed by atoms with Crippen molar-refractivity contribution in [2.24, 2.45) is 5.92 Å². The topological polar surface area (TPSA) is 49.4 Å². The standard InChI is InChI=1S/C25H34N2O2S/c1-19(2)16-26-25(29)21(4)27(15-14-22-11-6-5-7-12-22)24(28)18-30-17-23-13-9-8-10-20(23)3/h5-13,19,21H,14-18H2,1-4H3,(H,26,29). The van der Waals surface area contributed by atoms with Crippen LogP contribution in [0.25, 0.3) is 0 Å². The average Bonchev–Trinajstić information content (AvgIpc) is 2.74. The van der Waals surface area contributed by atoms with Crippen LogP contribution in [0.4, 0.5) is 0 Å². The molecule has 0 aliphatic carbocycles. The third-order valence-corrected chi connectivity index (χ3v) is 6.05. The number of nitrogens with zero attached hydrogens (tertiary/aromatic N) is 1. The van der Waals surface area contributed by atoms with Crippen LogP contribution in [-0.2, 0) is 21.8 Å². The van der Waals surface area contributed by atoms with E-state index in [-0.39, 0.29) is 11.8 Å². The summed E-state index contributed by atoms with van der Waals surface area (Å²) in [6.45, 7) is 9.18. The van der Waals surface area contributed by atoms with Gasteiger partial charge < -0.3 is 10.2 Å². The van der Waals surface area contributed by atoms with Crippen molar-refractivity contribution in [3.05, 3.63) is 71.3 Å². The molecule has 2 amide bonds. The molecule has 0 radical (unpaired) electrons. The Kier molecular flexibility index (Phi) is 9.95. The molecule has 4 nitrogen and oxygen atoms in total. The lowest BCUT2D eigenvalue weighted by molar-refractivity contribution is -0.138. The maximum atomic E-state index is 13.0. The fraction of sp³-hybridized carbons (Fsp3) is 0.440. The molecule has 0 bridgehead atoms. The summed E-state index contributed by atoms with van der Waals surface area (Å²) >= 11 is 1.60. The summed E-state index contributed by atoms with van der Waals surface area (Å²) in [5, 5.41) is 2.97. The molecule has 0 heterocycles. The number of amides is 2. The van der Waals surface area contributed by atoms with Crippen LogP contribution in [0.3, 0.4) is 0 Å². The van der Waals surface area contributed by atoms with Gasteiger partial charge in [-0.2, -0.15) is 0 Å². The molecule has 1 unspecified atom stereocenters. The summed E-state index contributed by atoms with van der Waals surface area (Å²) in [6.07, 6.45) is 0.733. The van der Waals surface area contributed by atoms with Crippen LogP contribution in [0.5, 0.6) is 0 Å². The number of thioether (sulfide) groups is 1. The van der Waals surface area contributed by atoms with Crippen LogP contribution >= 0.6 is 11.8 Å². The number of aryl methyl sites for hydroxylation is 1. The zero-order chi connectivity index (χ0) is 21.9. The number of benzene rings is 2. The molecular formula is C25H34N2O2S. The second kappa shape index (κ2) is 12.4. The van der Waals surface area contributed by atoms with Gasteiger partial charge in [0, 0.05) is 18.8 Å². The molecule has 0 saturated carbocycles. The third-order valence-electron chi connectivity index (χ3n) is 5.08. The Balaban J connectivity index is 1.99. The Morgan fingerprint density at radius 3 is 2.33 bits per heavy atom. The van der Waals surface area contributed by atoms with Gasteiger partial charge in [-0.25, -0.2) is 0 Å². The summed E-state index contributed by atoms with van der Waals surface area (Å²) < 4.78 is 0. The molecule has 0 saturated heterocycles. The number of carbonyl (C=O) groups excluding carboxylic acids is 2. The van der Waals surface area contributed by atoms with Crippen molar-refractivity contribution in [2.75, 3.05) is 18.8 Å². The van der Waals surface area contributed by atoms with E-state index in [0.29, 0.717) is 24.8 Å². The van der Waals surface area contributed by atoms with E-state index in [1.165, 1.54) is 11.1 Å². The summed E-state index contributed by atoms with van der Waals surface area (Å²) in [5.74, 6) is 1.45. The van der Waals surface area contributed by atoms with Crippen LogP contribution in [0.1, 0.15) is 37.5 Å². The molecule has 2 aromatic rings. The largest absolute Gasteiger partial charge is 0.354 e. The van der Waals surface area contributed by atoms with Crippen molar-refractivity contribution in [1.82, 2.24) is 10.2 Å². The number of rotatable bonds is 11. The smallest absolute Gasteiger partial charge is 0.242 e. The summed E-state index contributed by atoms with van der Waals surface area (Å²) in [5.41, 5.74) is 3.64. The summed E-state index contributed by atoms with van der Waals surface area (Å²) in [7, 11) is 0. The normalized spacial score (nSPS) is 11.9. The van der Waals surface area contributed by atoms with E-state index in [1.54, 1.807) is 16.7 Å². The van der Waals surface area contributed by atoms with E-state index in [1.807, 2.05) is 37.3 Å². The van der Waals surface area contributed by atoms with E-state index >= 15 is 0 Å². The molecule has 1 atom stereocenters. The summed E-state index contributed by atoms with van der Waals surface area (Å²) in [4.78, 5) is 27.4. The molecule has 0 aromatic heterocycles. The molecule has 5 heteroatoms. The zero-order valence-corrected chi connectivity index (χ0v) is 19.4. The monoisotopic (exact) mass is 426 g/mol. The highest BCUT2D eigenvalue weighted by Gasteiger charge is 2.25. The van der Waals surface area contributed by atoms with Crippen LogP contribution in [0.15, 0.2) is 54.6 Å². The first-order valence-electron chi connectivity index (χ1n) is 10.6. The first-order chi connectivity index (χ1) is 14.4. The Morgan fingerprint density at radius 1 is 1.00 bits per heavy atom. The molecular weight excluding hydrogens is 392 g/mol. The quantitative estimate of drug-likeness (QED) is 0.577. The Morgan fingerprint density at radius 2 is 1.67 bits per heavy atom. The lowest BCUT2D eigenvalue weighted by atomic mass is 10.1. The predicted octanol–water partition coefficient (Wildman–Crippen LogP) is 4.46. The van der Waals surface area contributed by atoms with Gasteiger partial charge in [0.25, 0.3) is 0 Å². The van der Waals surface area contributed by atoms with Gasteiger partial charge in [-0.3, -0.25) is 9.59 Å². The van der Waals surface area contributed by atoms with Crippen molar-refractivity contribution in [1.29, 1.82) is 0 Å². The van der Waals surface area contributed by atoms with E-state index in [4.69, 9.17) is 0 Å². The summed E-state index contributed by atoms with van der Waals surface area (Å²) in [6, 6.07) is 17.8. The van der Waals surface area contributed by atoms with Crippen LogP contribution in [-0.4, -0.2) is 41.6 Å². The third kappa shape index (κ3) is 7.86. The van der Waals surface area contributed by atoms with Gasteiger partial charge in [-0.1, -0.05) is 68.4 Å². The van der Waals surface area contributed by atoms with Gasteiger partial charge in [0.2, 0.25) is 11.8 Å². The lowest BCUT2D eigenvalue weighted by Gasteiger charge is -2.29. The second-order valence-corrected chi connectivity index (χ2v) is 9.04. The molecule has 0 fully saturated rings. The molecule has 2 aromatic carbocycles. The molecule has 0 aliphatic heterocycles. The van der Waals surface area contributed by atoms with Crippen LogP contribution < -0.4 is 5.32 Å². The predicted molar refractivity (Wildman–Crippen MR) is 127 cm³/mol. The minimum atomic E-state index is -0.487. The lowest BCUT2D eigenvalue weighted by Crippen LogP contribution is -2.50. The van der Waals surface area contributed by atoms with Gasteiger partial charge >= 0.3 is 0 Å². The maximum absolute atomic E-state index is 13.0. The highest BCUT2D eigenvalue weighted by molar-refractivity contribution is 7.99. The van der Waals surface area contributed by atoms with Gasteiger partial charge in [0.15, 0.2) is 0 Å². The first-order valence-corrected chi connectivity index (χ1v) is 11.8. The molecule has 0 aliphatic rings. The fourth-order valence-corrected chi connectivity index (χ4v) is 4.11. The minimum absolute atomic E-state index is 0.0108. The molecule has 0 spiro atoms. The Bertz CT molecular complexity index is 808. The van der Waals surface area contributed by atoms with Crippen molar-refractivity contribution < 1.29 is 9.59 Å². The Hall–Kier alpha value is -2.27. The molecule has 162 valence electrons. The molecule has 2 rings (SSSR count). The van der Waals surface area contributed by atoms with E-state index in [0.717, 1.165) is 17.7 Å².